The molecule has 2 rings (SSSR count). The van der Waals surface area contributed by atoms with Crippen molar-refractivity contribution in [3.05, 3.63) is 54.0 Å². The predicted octanol–water partition coefficient (Wildman–Crippen LogP) is 3.25. The van der Waals surface area contributed by atoms with Gasteiger partial charge in [-0.15, -0.1) is 24.0 Å². The average Bonchev–Trinajstić information content (AvgIpc) is 2.63. The SMILES string of the molecule is CCNC(=NCc1ccccn1)NCCOc1ncccc1C(F)(F)F.I. The molecule has 2 heterocycles. The number of guanidine groups is 1. The third-order valence-corrected chi connectivity index (χ3v) is 3.18. The topological polar surface area (TPSA) is 71.4 Å². The van der Waals surface area contributed by atoms with Crippen LogP contribution < -0.4 is 15.4 Å². The first-order valence-corrected chi connectivity index (χ1v) is 8.07. The number of aromatic nitrogens is 2. The van der Waals surface area contributed by atoms with E-state index >= 15 is 0 Å². The first-order valence-electron chi connectivity index (χ1n) is 8.07. The molecule has 0 bridgehead atoms. The molecule has 0 spiro atoms. The zero-order valence-corrected chi connectivity index (χ0v) is 17.0. The first-order chi connectivity index (χ1) is 12.5. The van der Waals surface area contributed by atoms with Crippen molar-refractivity contribution in [3.8, 4) is 5.88 Å². The Morgan fingerprint density at radius 2 is 1.89 bits per heavy atom. The lowest BCUT2D eigenvalue weighted by molar-refractivity contribution is -0.139. The van der Waals surface area contributed by atoms with Crippen LogP contribution in [0.4, 0.5) is 13.2 Å². The van der Waals surface area contributed by atoms with Crippen LogP contribution in [0.25, 0.3) is 0 Å². The van der Waals surface area contributed by atoms with Gasteiger partial charge in [0.2, 0.25) is 5.88 Å². The Labute approximate surface area is 172 Å². The standard InChI is InChI=1S/C17H20F3N5O.HI/c1-2-21-16(25-12-13-6-3-4-8-22-13)24-10-11-26-15-14(17(18,19)20)7-5-9-23-15;/h3-9H,2,10-12H2,1H3,(H2,21,24,25);1H. The molecule has 0 fully saturated rings. The zero-order chi connectivity index (χ0) is 18.8. The van der Waals surface area contributed by atoms with Crippen molar-refractivity contribution >= 4 is 29.9 Å². The molecule has 0 saturated carbocycles. The lowest BCUT2D eigenvalue weighted by Gasteiger charge is -2.14. The Morgan fingerprint density at radius 1 is 1.11 bits per heavy atom. The fourth-order valence-electron chi connectivity index (χ4n) is 2.03. The van der Waals surface area contributed by atoms with E-state index < -0.39 is 17.6 Å². The zero-order valence-electron chi connectivity index (χ0n) is 14.7. The molecule has 0 aliphatic carbocycles. The highest BCUT2D eigenvalue weighted by Crippen LogP contribution is 2.34. The van der Waals surface area contributed by atoms with Gasteiger partial charge in [-0.05, 0) is 31.2 Å². The molecule has 10 heteroatoms. The molecule has 148 valence electrons. The number of pyridine rings is 2. The Morgan fingerprint density at radius 3 is 2.56 bits per heavy atom. The van der Waals surface area contributed by atoms with Gasteiger partial charge in [-0.3, -0.25) is 4.98 Å². The van der Waals surface area contributed by atoms with E-state index in [9.17, 15) is 13.2 Å². The predicted molar refractivity (Wildman–Crippen MR) is 107 cm³/mol. The molecule has 0 aromatic carbocycles. The van der Waals surface area contributed by atoms with Crippen LogP contribution in [0.5, 0.6) is 5.88 Å². The van der Waals surface area contributed by atoms with Gasteiger partial charge in [-0.25, -0.2) is 9.98 Å². The Balaban J connectivity index is 0.00000364. The minimum atomic E-state index is -4.50. The number of halogens is 4. The second kappa shape index (κ2) is 11.6. The van der Waals surface area contributed by atoms with Crippen molar-refractivity contribution in [1.82, 2.24) is 20.6 Å². The molecule has 2 aromatic rings. The van der Waals surface area contributed by atoms with E-state index in [2.05, 4.69) is 25.6 Å². The third kappa shape index (κ3) is 7.97. The van der Waals surface area contributed by atoms with E-state index in [1.807, 2.05) is 25.1 Å². The van der Waals surface area contributed by atoms with Gasteiger partial charge in [0.25, 0.3) is 0 Å². The number of hydrogen-bond donors (Lipinski definition) is 2. The maximum absolute atomic E-state index is 12.9. The summed E-state index contributed by atoms with van der Waals surface area (Å²) in [5, 5.41) is 6.04. The molecule has 2 N–H and O–H groups in total. The highest BCUT2D eigenvalue weighted by molar-refractivity contribution is 14.0. The number of nitrogens with zero attached hydrogens (tertiary/aromatic N) is 3. The molecule has 6 nitrogen and oxygen atoms in total. The normalized spacial score (nSPS) is 11.5. The van der Waals surface area contributed by atoms with Crippen LogP contribution in [0.2, 0.25) is 0 Å². The van der Waals surface area contributed by atoms with Gasteiger partial charge in [0.05, 0.1) is 18.8 Å². The quantitative estimate of drug-likeness (QED) is 0.267. The Kier molecular flexibility index (Phi) is 9.83. The average molecular weight is 495 g/mol. The molecular weight excluding hydrogens is 474 g/mol. The number of aliphatic imine (C=N–C) groups is 1. The molecule has 27 heavy (non-hydrogen) atoms. The monoisotopic (exact) mass is 495 g/mol. The minimum Gasteiger partial charge on any atom is -0.475 e. The second-order valence-corrected chi connectivity index (χ2v) is 5.15. The van der Waals surface area contributed by atoms with Crippen molar-refractivity contribution in [1.29, 1.82) is 0 Å². The van der Waals surface area contributed by atoms with Crippen LogP contribution in [-0.4, -0.2) is 35.6 Å². The molecule has 0 unspecified atom stereocenters. The summed E-state index contributed by atoms with van der Waals surface area (Å²) in [6.07, 6.45) is -1.56. The molecule has 0 saturated heterocycles. The first kappa shape index (κ1) is 22.9. The van der Waals surface area contributed by atoms with Gasteiger partial charge in [0.1, 0.15) is 12.2 Å². The van der Waals surface area contributed by atoms with Crippen LogP contribution in [0.15, 0.2) is 47.7 Å². The number of alkyl halides is 3. The highest BCUT2D eigenvalue weighted by Gasteiger charge is 2.34. The highest BCUT2D eigenvalue weighted by atomic mass is 127. The summed E-state index contributed by atoms with van der Waals surface area (Å²) in [6.45, 7) is 3.22. The van der Waals surface area contributed by atoms with Crippen LogP contribution in [0, 0.1) is 0 Å². The van der Waals surface area contributed by atoms with Crippen LogP contribution in [0.1, 0.15) is 18.2 Å². The van der Waals surface area contributed by atoms with Gasteiger partial charge < -0.3 is 15.4 Å². The van der Waals surface area contributed by atoms with E-state index in [0.29, 0.717) is 19.0 Å². The lowest BCUT2D eigenvalue weighted by atomic mass is 10.2. The summed E-state index contributed by atoms with van der Waals surface area (Å²) >= 11 is 0. The van der Waals surface area contributed by atoms with E-state index in [1.54, 1.807) is 6.20 Å². The number of rotatable bonds is 7. The fraction of sp³-hybridized carbons (Fsp3) is 0.353. The van der Waals surface area contributed by atoms with Gasteiger partial charge in [0.15, 0.2) is 5.96 Å². The summed E-state index contributed by atoms with van der Waals surface area (Å²) in [6, 6.07) is 7.71. The summed E-state index contributed by atoms with van der Waals surface area (Å²) in [5.41, 5.74) is -0.0833. The van der Waals surface area contributed by atoms with E-state index in [1.165, 1.54) is 12.3 Å². The van der Waals surface area contributed by atoms with Crippen LogP contribution >= 0.6 is 24.0 Å². The summed E-state index contributed by atoms with van der Waals surface area (Å²) in [5.74, 6) is 0.0936. The molecule has 0 radical (unpaired) electrons. The number of nitrogens with one attached hydrogen (secondary N) is 2. The van der Waals surface area contributed by atoms with Crippen molar-refractivity contribution in [2.75, 3.05) is 19.7 Å². The van der Waals surface area contributed by atoms with E-state index in [4.69, 9.17) is 4.74 Å². The number of ether oxygens (including phenoxy) is 1. The smallest absolute Gasteiger partial charge is 0.421 e. The van der Waals surface area contributed by atoms with Crippen molar-refractivity contribution in [2.45, 2.75) is 19.6 Å². The summed E-state index contributed by atoms with van der Waals surface area (Å²) < 4.78 is 43.8. The Hall–Kier alpha value is -2.11. The van der Waals surface area contributed by atoms with Crippen LogP contribution in [-0.2, 0) is 12.7 Å². The van der Waals surface area contributed by atoms with Gasteiger partial charge >= 0.3 is 6.18 Å². The maximum Gasteiger partial charge on any atom is 0.421 e. The molecule has 0 amide bonds. The molecule has 0 aliphatic heterocycles. The van der Waals surface area contributed by atoms with E-state index in [0.717, 1.165) is 11.8 Å². The molecular formula is C17H21F3IN5O. The Bertz CT molecular complexity index is 713. The number of hydrogen-bond acceptors (Lipinski definition) is 4. The molecule has 0 aliphatic rings. The van der Waals surface area contributed by atoms with E-state index in [-0.39, 0.29) is 37.1 Å². The lowest BCUT2D eigenvalue weighted by Crippen LogP contribution is -2.39. The van der Waals surface area contributed by atoms with Crippen molar-refractivity contribution in [3.63, 3.8) is 0 Å². The van der Waals surface area contributed by atoms with Gasteiger partial charge in [-0.2, -0.15) is 13.2 Å². The van der Waals surface area contributed by atoms with Crippen molar-refractivity contribution < 1.29 is 17.9 Å². The maximum atomic E-state index is 12.9. The summed E-state index contributed by atoms with van der Waals surface area (Å²) in [4.78, 5) is 12.2. The largest absolute Gasteiger partial charge is 0.475 e. The van der Waals surface area contributed by atoms with Gasteiger partial charge in [-0.1, -0.05) is 6.07 Å². The third-order valence-electron chi connectivity index (χ3n) is 3.18. The fourth-order valence-corrected chi connectivity index (χ4v) is 2.03. The van der Waals surface area contributed by atoms with Crippen LogP contribution in [0.3, 0.4) is 0 Å². The second-order valence-electron chi connectivity index (χ2n) is 5.15. The van der Waals surface area contributed by atoms with Crippen molar-refractivity contribution in [2.24, 2.45) is 4.99 Å². The molecule has 2 aromatic heterocycles. The molecule has 0 atom stereocenters. The minimum absolute atomic E-state index is 0. The summed E-state index contributed by atoms with van der Waals surface area (Å²) in [7, 11) is 0. The van der Waals surface area contributed by atoms with Gasteiger partial charge in [0, 0.05) is 18.9 Å².